The third kappa shape index (κ3) is 7.15. The van der Waals surface area contributed by atoms with Gasteiger partial charge in [0.2, 0.25) is 5.91 Å². The molecule has 138 valence electrons. The number of nitrogens with zero attached hydrogens (tertiary/aromatic N) is 1. The second kappa shape index (κ2) is 10.5. The van der Waals surface area contributed by atoms with Crippen molar-refractivity contribution < 1.29 is 4.79 Å². The molecule has 0 aliphatic heterocycles. The maximum Gasteiger partial charge on any atom is 0.221 e. The van der Waals surface area contributed by atoms with Gasteiger partial charge in [0.25, 0.3) is 0 Å². The Morgan fingerprint density at radius 1 is 1.00 bits per heavy atom. The minimum absolute atomic E-state index is 0.0629. The molecular formula is C20H25ClN4O. The van der Waals surface area contributed by atoms with Crippen LogP contribution in [0.2, 0.25) is 5.02 Å². The lowest BCUT2D eigenvalue weighted by atomic mass is 10.1. The van der Waals surface area contributed by atoms with Crippen LogP contribution in [0.25, 0.3) is 0 Å². The number of hydrogen-bond donors (Lipinski definition) is 3. The van der Waals surface area contributed by atoms with E-state index in [0.29, 0.717) is 0 Å². The van der Waals surface area contributed by atoms with Crippen LogP contribution in [0, 0.1) is 0 Å². The highest BCUT2D eigenvalue weighted by atomic mass is 35.5. The maximum absolute atomic E-state index is 11.0. The second-order valence-corrected chi connectivity index (χ2v) is 6.37. The fourth-order valence-electron chi connectivity index (χ4n) is 2.52. The molecule has 0 aliphatic rings. The van der Waals surface area contributed by atoms with Crippen molar-refractivity contribution in [3.05, 3.63) is 64.7 Å². The fourth-order valence-corrected chi connectivity index (χ4v) is 2.73. The maximum atomic E-state index is 11.0. The van der Waals surface area contributed by atoms with Crippen molar-refractivity contribution in [1.82, 2.24) is 10.6 Å². The van der Waals surface area contributed by atoms with Crippen LogP contribution in [0.15, 0.2) is 53.5 Å². The Bertz CT molecular complexity index is 744. The largest absolute Gasteiger partial charge is 0.356 e. The van der Waals surface area contributed by atoms with Gasteiger partial charge in [0.1, 0.15) is 0 Å². The molecule has 6 heteroatoms. The fraction of sp³-hybridized carbons (Fsp3) is 0.300. The summed E-state index contributed by atoms with van der Waals surface area (Å²) < 4.78 is 0. The van der Waals surface area contributed by atoms with Gasteiger partial charge < -0.3 is 16.0 Å². The molecule has 0 aromatic heterocycles. The third-order valence-corrected chi connectivity index (χ3v) is 4.03. The van der Waals surface area contributed by atoms with Gasteiger partial charge in [0, 0.05) is 37.8 Å². The third-order valence-electron chi connectivity index (χ3n) is 3.80. The zero-order valence-electron chi connectivity index (χ0n) is 15.2. The molecule has 0 atom stereocenters. The predicted molar refractivity (Wildman–Crippen MR) is 109 cm³/mol. The average Bonchev–Trinajstić information content (AvgIpc) is 2.61. The molecule has 0 spiro atoms. The van der Waals surface area contributed by atoms with E-state index in [1.165, 1.54) is 18.1 Å². The number of halogens is 1. The van der Waals surface area contributed by atoms with Crippen LogP contribution in [0.5, 0.6) is 0 Å². The summed E-state index contributed by atoms with van der Waals surface area (Å²) in [6, 6.07) is 15.7. The van der Waals surface area contributed by atoms with Gasteiger partial charge in [-0.3, -0.25) is 9.79 Å². The molecule has 0 unspecified atom stereocenters. The van der Waals surface area contributed by atoms with Gasteiger partial charge in [0.05, 0.1) is 0 Å². The Morgan fingerprint density at radius 2 is 1.65 bits per heavy atom. The topological polar surface area (TPSA) is 65.5 Å². The summed E-state index contributed by atoms with van der Waals surface area (Å²) in [5.41, 5.74) is 3.20. The van der Waals surface area contributed by atoms with Gasteiger partial charge in [-0.15, -0.1) is 0 Å². The zero-order chi connectivity index (χ0) is 18.8. The molecular weight excluding hydrogens is 348 g/mol. The van der Waals surface area contributed by atoms with Gasteiger partial charge in [-0.2, -0.15) is 0 Å². The van der Waals surface area contributed by atoms with E-state index in [1.54, 1.807) is 7.05 Å². The van der Waals surface area contributed by atoms with Crippen LogP contribution in [0.3, 0.4) is 0 Å². The van der Waals surface area contributed by atoms with E-state index in [4.69, 9.17) is 11.6 Å². The van der Waals surface area contributed by atoms with Crippen molar-refractivity contribution in [2.75, 3.05) is 25.5 Å². The lowest BCUT2D eigenvalue weighted by Crippen LogP contribution is -2.39. The molecule has 1 amide bonds. The summed E-state index contributed by atoms with van der Waals surface area (Å²) in [5.74, 6) is 0.717. The lowest BCUT2D eigenvalue weighted by Gasteiger charge is -2.12. The van der Waals surface area contributed by atoms with Crippen LogP contribution >= 0.6 is 11.6 Å². The molecule has 2 aromatic rings. The molecule has 0 saturated heterocycles. The van der Waals surface area contributed by atoms with Crippen molar-refractivity contribution in [2.24, 2.45) is 4.99 Å². The molecule has 0 fully saturated rings. The highest BCUT2D eigenvalue weighted by molar-refractivity contribution is 6.30. The van der Waals surface area contributed by atoms with Crippen molar-refractivity contribution in [3.8, 4) is 0 Å². The highest BCUT2D eigenvalue weighted by Gasteiger charge is 2.00. The number of guanidine groups is 1. The number of carbonyl (C=O) groups is 1. The molecule has 0 bridgehead atoms. The summed E-state index contributed by atoms with van der Waals surface area (Å²) in [6.07, 6.45) is 1.75. The Balaban J connectivity index is 1.70. The zero-order valence-corrected chi connectivity index (χ0v) is 15.9. The smallest absolute Gasteiger partial charge is 0.221 e. The highest BCUT2D eigenvalue weighted by Crippen LogP contribution is 2.11. The van der Waals surface area contributed by atoms with Gasteiger partial charge in [0.15, 0.2) is 5.96 Å². The molecule has 3 N–H and O–H groups in total. The number of nitrogens with one attached hydrogen (secondary N) is 3. The molecule has 0 aliphatic carbocycles. The first-order valence-electron chi connectivity index (χ1n) is 8.62. The average molecular weight is 373 g/mol. The van der Waals surface area contributed by atoms with Crippen LogP contribution < -0.4 is 16.0 Å². The number of hydrogen-bond acceptors (Lipinski definition) is 2. The van der Waals surface area contributed by atoms with E-state index in [9.17, 15) is 4.79 Å². The van der Waals surface area contributed by atoms with Crippen LogP contribution in [0.4, 0.5) is 5.69 Å². The summed E-state index contributed by atoms with van der Waals surface area (Å²) in [7, 11) is 1.76. The number of aliphatic imine (C=N–C) groups is 1. The molecule has 2 aromatic carbocycles. The van der Waals surface area contributed by atoms with Gasteiger partial charge in [-0.25, -0.2) is 0 Å². The standard InChI is InChI=1S/C20H25ClN4O/c1-15(26)25-19-8-6-16(7-9-19)10-12-23-20(22-2)24-13-11-17-4-3-5-18(21)14-17/h3-9,14H,10-13H2,1-2H3,(H,25,26)(H2,22,23,24). The SMILES string of the molecule is CN=C(NCCc1ccc(NC(C)=O)cc1)NCCc1cccc(Cl)c1. The molecule has 0 radical (unpaired) electrons. The van der Waals surface area contributed by atoms with E-state index in [0.717, 1.165) is 42.6 Å². The Morgan fingerprint density at radius 3 is 2.23 bits per heavy atom. The van der Waals surface area contributed by atoms with E-state index >= 15 is 0 Å². The normalized spacial score (nSPS) is 11.1. The lowest BCUT2D eigenvalue weighted by molar-refractivity contribution is -0.114. The van der Waals surface area contributed by atoms with Crippen molar-refractivity contribution in [2.45, 2.75) is 19.8 Å². The monoisotopic (exact) mass is 372 g/mol. The second-order valence-electron chi connectivity index (χ2n) is 5.93. The van der Waals surface area contributed by atoms with Crippen LogP contribution in [-0.4, -0.2) is 32.0 Å². The molecule has 5 nitrogen and oxygen atoms in total. The van der Waals surface area contributed by atoms with E-state index in [1.807, 2.05) is 42.5 Å². The van der Waals surface area contributed by atoms with Gasteiger partial charge >= 0.3 is 0 Å². The summed E-state index contributed by atoms with van der Waals surface area (Å²) in [6.45, 7) is 3.06. The minimum atomic E-state index is -0.0629. The number of rotatable bonds is 7. The summed E-state index contributed by atoms with van der Waals surface area (Å²) >= 11 is 6.00. The van der Waals surface area contributed by atoms with E-state index < -0.39 is 0 Å². The predicted octanol–water partition coefficient (Wildman–Crippen LogP) is 3.25. The first-order valence-corrected chi connectivity index (χ1v) is 9.00. The number of amides is 1. The number of anilines is 1. The number of carbonyl (C=O) groups excluding carboxylic acids is 1. The van der Waals surface area contributed by atoms with Gasteiger partial charge in [-0.05, 0) is 48.2 Å². The van der Waals surface area contributed by atoms with Gasteiger partial charge in [-0.1, -0.05) is 35.9 Å². The molecule has 0 heterocycles. The van der Waals surface area contributed by atoms with E-state index in [-0.39, 0.29) is 5.91 Å². The van der Waals surface area contributed by atoms with Crippen LogP contribution in [0.1, 0.15) is 18.1 Å². The Kier molecular flexibility index (Phi) is 7.96. The first-order chi connectivity index (χ1) is 12.6. The van der Waals surface area contributed by atoms with Crippen molar-refractivity contribution in [3.63, 3.8) is 0 Å². The van der Waals surface area contributed by atoms with Crippen molar-refractivity contribution >= 4 is 29.2 Å². The van der Waals surface area contributed by atoms with Crippen molar-refractivity contribution in [1.29, 1.82) is 0 Å². The minimum Gasteiger partial charge on any atom is -0.356 e. The Hall–Kier alpha value is -2.53. The quantitative estimate of drug-likeness (QED) is 0.516. The number of benzene rings is 2. The van der Waals surface area contributed by atoms with E-state index in [2.05, 4.69) is 27.0 Å². The Labute approximate surface area is 159 Å². The molecule has 2 rings (SSSR count). The summed E-state index contributed by atoms with van der Waals surface area (Å²) in [4.78, 5) is 15.3. The molecule has 26 heavy (non-hydrogen) atoms. The molecule has 0 saturated carbocycles. The first kappa shape index (κ1) is 19.8. The van der Waals surface area contributed by atoms with Crippen LogP contribution in [-0.2, 0) is 17.6 Å². The summed E-state index contributed by atoms with van der Waals surface area (Å²) in [5, 5.41) is 10.1.